The van der Waals surface area contributed by atoms with Gasteiger partial charge in [-0.2, -0.15) is 4.98 Å². The molecule has 0 saturated carbocycles. The average molecular weight is 393 g/mol. The number of para-hydroxylation sites is 1. The van der Waals surface area contributed by atoms with Gasteiger partial charge in [-0.3, -0.25) is 0 Å². The average Bonchev–Trinajstić information content (AvgIpc) is 2.67. The zero-order chi connectivity index (χ0) is 21.0. The Bertz CT molecular complexity index is 996. The Kier molecular flexibility index (Phi) is 5.92. The molecule has 6 nitrogen and oxygen atoms in total. The lowest BCUT2D eigenvalue weighted by molar-refractivity contribution is 0.405. The first-order chi connectivity index (χ1) is 13.8. The first-order valence-electron chi connectivity index (χ1n) is 9.51. The van der Waals surface area contributed by atoms with E-state index < -0.39 is 0 Å². The van der Waals surface area contributed by atoms with Gasteiger partial charge in [-0.25, -0.2) is 4.98 Å². The van der Waals surface area contributed by atoms with Crippen molar-refractivity contribution in [3.63, 3.8) is 0 Å². The van der Waals surface area contributed by atoms with Crippen molar-refractivity contribution in [3.8, 4) is 11.5 Å². The van der Waals surface area contributed by atoms with Gasteiger partial charge >= 0.3 is 0 Å². The van der Waals surface area contributed by atoms with Crippen LogP contribution in [0.2, 0.25) is 0 Å². The summed E-state index contributed by atoms with van der Waals surface area (Å²) in [5.41, 5.74) is 3.85. The summed E-state index contributed by atoms with van der Waals surface area (Å²) >= 11 is 0. The second kappa shape index (κ2) is 8.39. The lowest BCUT2D eigenvalue weighted by atomic mass is 9.86. The molecule has 0 fully saturated rings. The maximum atomic E-state index is 5.44. The number of nitrogens with one attached hydrogen (secondary N) is 2. The molecule has 1 heterocycles. The molecule has 0 amide bonds. The number of aromatic nitrogens is 2. The highest BCUT2D eigenvalue weighted by Crippen LogP contribution is 2.33. The summed E-state index contributed by atoms with van der Waals surface area (Å²) in [6.45, 7) is 8.53. The number of ether oxygens (including phenoxy) is 2. The maximum Gasteiger partial charge on any atom is 0.229 e. The lowest BCUT2D eigenvalue weighted by Gasteiger charge is -2.23. The number of nitrogens with zero attached hydrogens (tertiary/aromatic N) is 2. The summed E-state index contributed by atoms with van der Waals surface area (Å²) in [6.07, 6.45) is 0. The van der Waals surface area contributed by atoms with Crippen molar-refractivity contribution in [1.82, 2.24) is 9.97 Å². The maximum absolute atomic E-state index is 5.44. The number of benzene rings is 2. The third-order valence-corrected chi connectivity index (χ3v) is 4.51. The molecule has 0 saturated heterocycles. The van der Waals surface area contributed by atoms with Crippen LogP contribution in [-0.4, -0.2) is 24.2 Å². The minimum Gasteiger partial charge on any atom is -0.497 e. The molecule has 0 radical (unpaired) electrons. The Morgan fingerprint density at radius 3 is 2.28 bits per heavy atom. The summed E-state index contributed by atoms with van der Waals surface area (Å²) < 4.78 is 10.8. The van der Waals surface area contributed by atoms with Gasteiger partial charge in [0.2, 0.25) is 5.95 Å². The summed E-state index contributed by atoms with van der Waals surface area (Å²) in [5, 5.41) is 6.69. The minimum atomic E-state index is 0.0146. The fraction of sp³-hybridized carbons (Fsp3) is 0.304. The Balaban J connectivity index is 1.93. The van der Waals surface area contributed by atoms with Gasteiger partial charge in [0.05, 0.1) is 19.9 Å². The normalized spacial score (nSPS) is 11.1. The van der Waals surface area contributed by atoms with Crippen molar-refractivity contribution >= 4 is 23.1 Å². The highest BCUT2D eigenvalue weighted by molar-refractivity contribution is 5.67. The van der Waals surface area contributed by atoms with Gasteiger partial charge in [0.25, 0.3) is 0 Å². The van der Waals surface area contributed by atoms with Crippen LogP contribution in [0.3, 0.4) is 0 Å². The Labute approximate surface area is 172 Å². The number of methoxy groups -OCH3 is 2. The SMILES string of the molecule is COc1ccc(OC)c(Nc2nc(C)cc(Nc3ccccc3C(C)(C)C)n2)c1. The standard InChI is InChI=1S/C23H28N4O2/c1-15-13-21(25-18-10-8-7-9-17(18)23(2,3)4)27-22(24-15)26-19-14-16(28-5)11-12-20(19)29-6/h7-14H,1-6H3,(H2,24,25,26,27). The number of aryl methyl sites for hydroxylation is 1. The molecule has 0 aliphatic carbocycles. The summed E-state index contributed by atoms with van der Waals surface area (Å²) in [5.74, 6) is 2.60. The van der Waals surface area contributed by atoms with E-state index in [0.29, 0.717) is 11.7 Å². The van der Waals surface area contributed by atoms with Crippen molar-refractivity contribution in [2.75, 3.05) is 24.9 Å². The molecule has 0 spiro atoms. The molecule has 152 valence electrons. The van der Waals surface area contributed by atoms with E-state index in [2.05, 4.69) is 59.6 Å². The van der Waals surface area contributed by atoms with Crippen LogP contribution in [-0.2, 0) is 5.41 Å². The van der Waals surface area contributed by atoms with Crippen LogP contribution in [0.25, 0.3) is 0 Å². The van der Waals surface area contributed by atoms with Crippen molar-refractivity contribution < 1.29 is 9.47 Å². The molecule has 0 atom stereocenters. The van der Waals surface area contributed by atoms with E-state index in [9.17, 15) is 0 Å². The second-order valence-corrected chi connectivity index (χ2v) is 7.83. The number of hydrogen-bond acceptors (Lipinski definition) is 6. The van der Waals surface area contributed by atoms with Gasteiger partial charge in [0.15, 0.2) is 0 Å². The zero-order valence-corrected chi connectivity index (χ0v) is 17.8. The summed E-state index contributed by atoms with van der Waals surface area (Å²) in [7, 11) is 3.25. The molecule has 3 rings (SSSR count). The van der Waals surface area contributed by atoms with Crippen LogP contribution in [0.1, 0.15) is 32.0 Å². The molecule has 0 bridgehead atoms. The topological polar surface area (TPSA) is 68.3 Å². The van der Waals surface area contributed by atoms with Crippen LogP contribution in [0.4, 0.5) is 23.1 Å². The molecule has 3 aromatic rings. The molecule has 6 heteroatoms. The Morgan fingerprint density at radius 2 is 1.59 bits per heavy atom. The molecule has 0 aliphatic heterocycles. The number of hydrogen-bond donors (Lipinski definition) is 2. The Morgan fingerprint density at radius 1 is 0.828 bits per heavy atom. The van der Waals surface area contributed by atoms with E-state index in [1.165, 1.54) is 5.56 Å². The van der Waals surface area contributed by atoms with Crippen LogP contribution < -0.4 is 20.1 Å². The summed E-state index contributed by atoms with van der Waals surface area (Å²) in [4.78, 5) is 9.16. The van der Waals surface area contributed by atoms with Gasteiger partial charge in [0.1, 0.15) is 17.3 Å². The smallest absolute Gasteiger partial charge is 0.229 e. The van der Waals surface area contributed by atoms with Crippen LogP contribution in [0.15, 0.2) is 48.5 Å². The molecule has 2 aromatic carbocycles. The monoisotopic (exact) mass is 392 g/mol. The molecule has 2 N–H and O–H groups in total. The zero-order valence-electron chi connectivity index (χ0n) is 17.8. The largest absolute Gasteiger partial charge is 0.497 e. The first-order valence-corrected chi connectivity index (χ1v) is 9.51. The predicted molar refractivity (Wildman–Crippen MR) is 118 cm³/mol. The van der Waals surface area contributed by atoms with Gasteiger partial charge in [-0.1, -0.05) is 39.0 Å². The van der Waals surface area contributed by atoms with Gasteiger partial charge in [0, 0.05) is 23.5 Å². The minimum absolute atomic E-state index is 0.0146. The molecule has 0 unspecified atom stereocenters. The van der Waals surface area contributed by atoms with Crippen molar-refractivity contribution in [2.45, 2.75) is 33.1 Å². The number of rotatable bonds is 6. The van der Waals surface area contributed by atoms with E-state index in [4.69, 9.17) is 9.47 Å². The van der Waals surface area contributed by atoms with Crippen LogP contribution in [0, 0.1) is 6.92 Å². The Hall–Kier alpha value is -3.28. The van der Waals surface area contributed by atoms with Crippen molar-refractivity contribution in [1.29, 1.82) is 0 Å². The van der Waals surface area contributed by atoms with Crippen LogP contribution >= 0.6 is 0 Å². The van der Waals surface area contributed by atoms with Gasteiger partial charge in [-0.05, 0) is 36.1 Å². The second-order valence-electron chi connectivity index (χ2n) is 7.83. The molecule has 29 heavy (non-hydrogen) atoms. The lowest BCUT2D eigenvalue weighted by Crippen LogP contribution is -2.14. The predicted octanol–water partition coefficient (Wildman–Crippen LogP) is 5.59. The van der Waals surface area contributed by atoms with Gasteiger partial charge in [-0.15, -0.1) is 0 Å². The van der Waals surface area contributed by atoms with Crippen molar-refractivity contribution in [3.05, 3.63) is 59.8 Å². The van der Waals surface area contributed by atoms with Crippen LogP contribution in [0.5, 0.6) is 11.5 Å². The highest BCUT2D eigenvalue weighted by atomic mass is 16.5. The third-order valence-electron chi connectivity index (χ3n) is 4.51. The van der Waals surface area contributed by atoms with Gasteiger partial charge < -0.3 is 20.1 Å². The summed E-state index contributed by atoms with van der Waals surface area (Å²) in [6, 6.07) is 15.7. The quantitative estimate of drug-likeness (QED) is 0.570. The van der Waals surface area contributed by atoms with E-state index in [1.807, 2.05) is 37.3 Å². The number of anilines is 4. The van der Waals surface area contributed by atoms with Crippen molar-refractivity contribution in [2.24, 2.45) is 0 Å². The third kappa shape index (κ3) is 4.96. The van der Waals surface area contributed by atoms with E-state index in [1.54, 1.807) is 14.2 Å². The molecule has 1 aromatic heterocycles. The first kappa shape index (κ1) is 20.5. The van der Waals surface area contributed by atoms with E-state index in [-0.39, 0.29) is 5.41 Å². The van der Waals surface area contributed by atoms with E-state index >= 15 is 0 Å². The fourth-order valence-corrected chi connectivity index (χ4v) is 3.10. The fourth-order valence-electron chi connectivity index (χ4n) is 3.10. The molecular weight excluding hydrogens is 364 g/mol. The van der Waals surface area contributed by atoms with E-state index in [0.717, 1.165) is 28.6 Å². The molecule has 0 aliphatic rings. The molecular formula is C23H28N4O2. The highest BCUT2D eigenvalue weighted by Gasteiger charge is 2.18.